The quantitative estimate of drug-likeness (QED) is 0.391. The lowest BCUT2D eigenvalue weighted by molar-refractivity contribution is 0.0961. The number of sulfonamides is 1. The number of amides is 3. The number of nitrogens with one attached hydrogen (secondary N) is 2. The van der Waals surface area contributed by atoms with Crippen LogP contribution in [-0.4, -0.2) is 62.3 Å². The van der Waals surface area contributed by atoms with Crippen molar-refractivity contribution in [3.8, 4) is 0 Å². The molecule has 1 aliphatic heterocycles. The summed E-state index contributed by atoms with van der Waals surface area (Å²) in [6, 6.07) is 15.1. The zero-order valence-electron chi connectivity index (χ0n) is 22.6. The zero-order chi connectivity index (χ0) is 28.9. The van der Waals surface area contributed by atoms with E-state index in [2.05, 4.69) is 10.6 Å². The smallest absolute Gasteiger partial charge is 0.410 e. The molecule has 0 unspecified atom stereocenters. The first-order chi connectivity index (χ1) is 19.2. The van der Waals surface area contributed by atoms with Gasteiger partial charge in [0.2, 0.25) is 10.0 Å². The molecule has 12 heteroatoms. The van der Waals surface area contributed by atoms with Crippen molar-refractivity contribution >= 4 is 44.3 Å². The van der Waals surface area contributed by atoms with Gasteiger partial charge in [0, 0.05) is 37.1 Å². The van der Waals surface area contributed by atoms with Crippen LogP contribution in [0.5, 0.6) is 0 Å². The Balaban J connectivity index is 1.53. The molecule has 2 N–H and O–H groups in total. The van der Waals surface area contributed by atoms with Crippen molar-refractivity contribution in [3.05, 3.63) is 81.7 Å². The molecule has 0 spiro atoms. The van der Waals surface area contributed by atoms with E-state index in [1.807, 2.05) is 30.3 Å². The molecule has 0 radical (unpaired) electrons. The molecule has 40 heavy (non-hydrogen) atoms. The molecule has 0 saturated heterocycles. The monoisotopic (exact) mass is 584 g/mol. The molecule has 0 saturated carbocycles. The predicted octanol–water partition coefficient (Wildman–Crippen LogP) is 4.09. The van der Waals surface area contributed by atoms with Gasteiger partial charge in [0.25, 0.3) is 11.8 Å². The molecule has 0 fully saturated rings. The van der Waals surface area contributed by atoms with Crippen molar-refractivity contribution in [2.75, 3.05) is 32.1 Å². The Hall–Kier alpha value is -3.74. The van der Waals surface area contributed by atoms with E-state index in [9.17, 15) is 22.8 Å². The van der Waals surface area contributed by atoms with Gasteiger partial charge >= 0.3 is 6.09 Å². The van der Waals surface area contributed by atoms with Crippen LogP contribution in [0, 0.1) is 0 Å². The van der Waals surface area contributed by atoms with Gasteiger partial charge in [-0.3, -0.25) is 9.59 Å². The van der Waals surface area contributed by atoms with Gasteiger partial charge in [-0.2, -0.15) is 4.31 Å². The highest BCUT2D eigenvalue weighted by Crippen LogP contribution is 2.37. The van der Waals surface area contributed by atoms with Crippen LogP contribution >= 0.6 is 11.3 Å². The molecule has 2 aromatic carbocycles. The first-order valence-corrected chi connectivity index (χ1v) is 15.2. The maximum atomic E-state index is 13.3. The van der Waals surface area contributed by atoms with E-state index in [1.54, 1.807) is 18.7 Å². The van der Waals surface area contributed by atoms with Crippen molar-refractivity contribution in [2.45, 2.75) is 38.3 Å². The van der Waals surface area contributed by atoms with Crippen LogP contribution in [0.1, 0.15) is 50.6 Å². The number of carbonyl (C=O) groups is 3. The number of hydrogen-bond acceptors (Lipinski definition) is 7. The third kappa shape index (κ3) is 6.19. The lowest BCUT2D eigenvalue weighted by Crippen LogP contribution is -2.36. The second-order valence-corrected chi connectivity index (χ2v) is 12.1. The first kappa shape index (κ1) is 29.2. The SMILES string of the molecule is CCOC(=O)N1CCc2c(sc(NC(=O)c3ccc(S(=O)(=O)N(CC)Cc4ccccc4)cc3)c2C(=O)NC)C1. The van der Waals surface area contributed by atoms with Crippen LogP contribution in [-0.2, 0) is 34.3 Å². The Labute approximate surface area is 238 Å². The molecule has 212 valence electrons. The highest BCUT2D eigenvalue weighted by atomic mass is 32.2. The Morgan fingerprint density at radius 3 is 2.35 bits per heavy atom. The molecule has 4 rings (SSSR count). The lowest BCUT2D eigenvalue weighted by Gasteiger charge is -2.26. The maximum Gasteiger partial charge on any atom is 0.410 e. The molecule has 1 aliphatic rings. The second-order valence-electron chi connectivity index (χ2n) is 9.05. The van der Waals surface area contributed by atoms with Crippen LogP contribution in [0.3, 0.4) is 0 Å². The Morgan fingerprint density at radius 2 is 1.73 bits per heavy atom. The molecule has 3 aromatic rings. The molecule has 0 aliphatic carbocycles. The van der Waals surface area contributed by atoms with Gasteiger partial charge in [-0.05, 0) is 48.7 Å². The molecule has 2 heterocycles. The van der Waals surface area contributed by atoms with Gasteiger partial charge in [0.1, 0.15) is 5.00 Å². The number of carbonyl (C=O) groups excluding carboxylic acids is 3. The van der Waals surface area contributed by atoms with E-state index in [0.717, 1.165) is 16.0 Å². The van der Waals surface area contributed by atoms with Gasteiger partial charge < -0.3 is 20.3 Å². The van der Waals surface area contributed by atoms with Crippen molar-refractivity contribution in [3.63, 3.8) is 0 Å². The topological polar surface area (TPSA) is 125 Å². The summed E-state index contributed by atoms with van der Waals surface area (Å²) in [5.74, 6) is -0.816. The molecule has 10 nitrogen and oxygen atoms in total. The molecular weight excluding hydrogens is 552 g/mol. The van der Waals surface area contributed by atoms with Gasteiger partial charge in [0.05, 0.1) is 23.6 Å². The van der Waals surface area contributed by atoms with Crippen LogP contribution in [0.15, 0.2) is 59.5 Å². The van der Waals surface area contributed by atoms with Gasteiger partial charge in [-0.1, -0.05) is 37.3 Å². The van der Waals surface area contributed by atoms with Crippen LogP contribution < -0.4 is 10.6 Å². The summed E-state index contributed by atoms with van der Waals surface area (Å²) in [6.45, 7) is 4.98. The summed E-state index contributed by atoms with van der Waals surface area (Å²) >= 11 is 1.24. The molecule has 3 amide bonds. The van der Waals surface area contributed by atoms with Crippen LogP contribution in [0.2, 0.25) is 0 Å². The van der Waals surface area contributed by atoms with E-state index >= 15 is 0 Å². The summed E-state index contributed by atoms with van der Waals surface area (Å²) in [5.41, 5.74) is 2.28. The highest BCUT2D eigenvalue weighted by molar-refractivity contribution is 7.89. The van der Waals surface area contributed by atoms with Crippen LogP contribution in [0.4, 0.5) is 9.80 Å². The standard InChI is InChI=1S/C28H32N4O6S2/c1-4-32(17-19-9-7-6-8-10-19)40(36,37)21-13-11-20(12-14-21)25(33)30-27-24(26(34)29-3)22-15-16-31(18-23(22)39-27)28(35)38-5-2/h6-14H,4-5,15-18H2,1-3H3,(H,29,34)(H,30,33). The fourth-order valence-corrected chi connectivity index (χ4v) is 7.18. The Bertz CT molecular complexity index is 1490. The van der Waals surface area contributed by atoms with Crippen molar-refractivity contribution in [1.29, 1.82) is 0 Å². The third-order valence-corrected chi connectivity index (χ3v) is 9.64. The van der Waals surface area contributed by atoms with Crippen molar-refractivity contribution in [1.82, 2.24) is 14.5 Å². The van der Waals surface area contributed by atoms with E-state index in [0.29, 0.717) is 30.1 Å². The number of benzene rings is 2. The molecule has 0 bridgehead atoms. The zero-order valence-corrected chi connectivity index (χ0v) is 24.2. The Morgan fingerprint density at radius 1 is 1.02 bits per heavy atom. The largest absolute Gasteiger partial charge is 0.450 e. The number of hydrogen-bond donors (Lipinski definition) is 2. The predicted molar refractivity (Wildman–Crippen MR) is 153 cm³/mol. The first-order valence-electron chi connectivity index (χ1n) is 12.9. The van der Waals surface area contributed by atoms with Crippen LogP contribution in [0.25, 0.3) is 0 Å². The summed E-state index contributed by atoms with van der Waals surface area (Å²) in [7, 11) is -2.27. The number of anilines is 1. The molecule has 1 aromatic heterocycles. The number of ether oxygens (including phenoxy) is 1. The van der Waals surface area contributed by atoms with Crippen molar-refractivity contribution in [2.24, 2.45) is 0 Å². The minimum absolute atomic E-state index is 0.0820. The normalized spacial score (nSPS) is 13.1. The van der Waals surface area contributed by atoms with Gasteiger partial charge in [0.15, 0.2) is 0 Å². The molecular formula is C28H32N4O6S2. The minimum Gasteiger partial charge on any atom is -0.450 e. The average Bonchev–Trinajstić information content (AvgIpc) is 3.33. The number of nitrogens with zero attached hydrogens (tertiary/aromatic N) is 2. The summed E-state index contributed by atoms with van der Waals surface area (Å²) in [6.07, 6.45) is 0.0290. The molecule has 0 atom stereocenters. The van der Waals surface area contributed by atoms with Gasteiger partial charge in [-0.25, -0.2) is 13.2 Å². The van der Waals surface area contributed by atoms with Gasteiger partial charge in [-0.15, -0.1) is 11.3 Å². The summed E-state index contributed by atoms with van der Waals surface area (Å²) in [5, 5.41) is 5.81. The minimum atomic E-state index is -3.78. The number of thiophene rings is 1. The summed E-state index contributed by atoms with van der Waals surface area (Å²) in [4.78, 5) is 40.6. The second kappa shape index (κ2) is 12.6. The fourth-order valence-electron chi connectivity index (χ4n) is 4.48. The lowest BCUT2D eigenvalue weighted by atomic mass is 10.0. The maximum absolute atomic E-state index is 13.3. The Kier molecular flexibility index (Phi) is 9.23. The third-order valence-electron chi connectivity index (χ3n) is 6.57. The van der Waals surface area contributed by atoms with E-state index < -0.39 is 22.0 Å². The summed E-state index contributed by atoms with van der Waals surface area (Å²) < 4.78 is 33.0. The average molecular weight is 585 g/mol. The van der Waals surface area contributed by atoms with Crippen molar-refractivity contribution < 1.29 is 27.5 Å². The van der Waals surface area contributed by atoms with E-state index in [4.69, 9.17) is 4.74 Å². The highest BCUT2D eigenvalue weighted by Gasteiger charge is 2.31. The number of rotatable bonds is 9. The van der Waals surface area contributed by atoms with E-state index in [1.165, 1.54) is 47.0 Å². The number of fused-ring (bicyclic) bond motifs is 1. The fraction of sp³-hybridized carbons (Fsp3) is 0.321. The van der Waals surface area contributed by atoms with E-state index in [-0.39, 0.29) is 36.1 Å².